The molecule has 1 aliphatic heterocycles. The SMILES string of the molecule is CC(C)(N)C#Cc1cnc2c(c1)ncn2Cc1ccc2c(c1)OCCO2.COc1ccccn1. The van der Waals surface area contributed by atoms with Crippen molar-refractivity contribution < 1.29 is 14.2 Å². The Morgan fingerprint density at radius 1 is 1.06 bits per heavy atom. The Morgan fingerprint density at radius 3 is 2.59 bits per heavy atom. The highest BCUT2D eigenvalue weighted by molar-refractivity contribution is 5.72. The van der Waals surface area contributed by atoms with Crippen LogP contribution in [0.15, 0.2) is 61.2 Å². The van der Waals surface area contributed by atoms with Gasteiger partial charge >= 0.3 is 0 Å². The van der Waals surface area contributed by atoms with E-state index < -0.39 is 5.54 Å². The van der Waals surface area contributed by atoms with Gasteiger partial charge in [0.25, 0.3) is 0 Å². The number of nitrogens with two attached hydrogens (primary N) is 1. The van der Waals surface area contributed by atoms with E-state index in [-0.39, 0.29) is 0 Å². The number of rotatable bonds is 3. The summed E-state index contributed by atoms with van der Waals surface area (Å²) in [5.41, 5.74) is 8.90. The molecule has 0 spiro atoms. The first-order valence-corrected chi connectivity index (χ1v) is 10.9. The van der Waals surface area contributed by atoms with E-state index in [0.717, 1.165) is 33.8 Å². The molecule has 0 bridgehead atoms. The number of fused-ring (bicyclic) bond motifs is 2. The van der Waals surface area contributed by atoms with Gasteiger partial charge in [0.05, 0.1) is 25.5 Å². The molecule has 0 saturated carbocycles. The van der Waals surface area contributed by atoms with Crippen molar-refractivity contribution in [2.24, 2.45) is 5.73 Å². The van der Waals surface area contributed by atoms with Gasteiger partial charge in [0.1, 0.15) is 18.7 Å². The first kappa shape index (κ1) is 23.1. The van der Waals surface area contributed by atoms with E-state index in [2.05, 4.69) is 26.8 Å². The molecule has 5 rings (SSSR count). The molecular weight excluding hydrogens is 430 g/mol. The third-order valence-corrected chi connectivity index (χ3v) is 4.79. The molecule has 1 aliphatic rings. The first-order chi connectivity index (χ1) is 16.4. The highest BCUT2D eigenvalue weighted by atomic mass is 16.6. The van der Waals surface area contributed by atoms with Crippen LogP contribution in [0.5, 0.6) is 17.4 Å². The van der Waals surface area contributed by atoms with Gasteiger partial charge in [-0.15, -0.1) is 0 Å². The van der Waals surface area contributed by atoms with E-state index in [1.54, 1.807) is 31.9 Å². The van der Waals surface area contributed by atoms with Crippen LogP contribution in [-0.2, 0) is 6.54 Å². The molecule has 0 fully saturated rings. The van der Waals surface area contributed by atoms with Gasteiger partial charge in [-0.25, -0.2) is 15.0 Å². The van der Waals surface area contributed by atoms with Gasteiger partial charge in [0, 0.05) is 24.0 Å². The van der Waals surface area contributed by atoms with Crippen molar-refractivity contribution in [3.63, 3.8) is 0 Å². The van der Waals surface area contributed by atoms with Crippen LogP contribution in [0.4, 0.5) is 0 Å². The van der Waals surface area contributed by atoms with Crippen LogP contribution in [-0.4, -0.2) is 45.4 Å². The van der Waals surface area contributed by atoms with Crippen molar-refractivity contribution in [1.29, 1.82) is 0 Å². The fourth-order valence-corrected chi connectivity index (χ4v) is 3.22. The average molecular weight is 458 g/mol. The second-order valence-electron chi connectivity index (χ2n) is 8.26. The van der Waals surface area contributed by atoms with Crippen molar-refractivity contribution in [3.8, 4) is 29.2 Å². The smallest absolute Gasteiger partial charge is 0.212 e. The summed E-state index contributed by atoms with van der Waals surface area (Å²) in [6, 6.07) is 13.4. The Bertz CT molecular complexity index is 1320. The number of methoxy groups -OCH3 is 1. The topological polar surface area (TPSA) is 97.3 Å². The summed E-state index contributed by atoms with van der Waals surface area (Å²) in [6.45, 7) is 5.56. The zero-order chi connectivity index (χ0) is 24.0. The third-order valence-electron chi connectivity index (χ3n) is 4.79. The summed E-state index contributed by atoms with van der Waals surface area (Å²) in [6.07, 6.45) is 5.24. The minimum Gasteiger partial charge on any atom is -0.486 e. The van der Waals surface area contributed by atoms with Crippen LogP contribution >= 0.6 is 0 Å². The van der Waals surface area contributed by atoms with E-state index in [9.17, 15) is 0 Å². The molecular formula is C26H27N5O3. The molecule has 0 aliphatic carbocycles. The average Bonchev–Trinajstić information content (AvgIpc) is 3.25. The van der Waals surface area contributed by atoms with Crippen LogP contribution in [0.25, 0.3) is 11.2 Å². The second-order valence-corrected chi connectivity index (χ2v) is 8.26. The number of ether oxygens (including phenoxy) is 3. The van der Waals surface area contributed by atoms with Crippen LogP contribution in [0.3, 0.4) is 0 Å². The number of hydrogen-bond donors (Lipinski definition) is 1. The Hall–Kier alpha value is -4.09. The fourth-order valence-electron chi connectivity index (χ4n) is 3.22. The van der Waals surface area contributed by atoms with Crippen molar-refractivity contribution in [2.75, 3.05) is 20.3 Å². The van der Waals surface area contributed by atoms with Crippen molar-refractivity contribution >= 4 is 11.2 Å². The molecule has 3 aromatic heterocycles. The van der Waals surface area contributed by atoms with E-state index >= 15 is 0 Å². The van der Waals surface area contributed by atoms with Gasteiger partial charge in [0.15, 0.2) is 17.1 Å². The molecule has 1 aromatic carbocycles. The molecule has 34 heavy (non-hydrogen) atoms. The summed E-state index contributed by atoms with van der Waals surface area (Å²) < 4.78 is 18.0. The maximum Gasteiger partial charge on any atom is 0.212 e. The lowest BCUT2D eigenvalue weighted by Gasteiger charge is -2.19. The predicted molar refractivity (Wildman–Crippen MR) is 130 cm³/mol. The molecule has 0 atom stereocenters. The van der Waals surface area contributed by atoms with Gasteiger partial charge in [-0.05, 0) is 43.7 Å². The molecule has 174 valence electrons. The van der Waals surface area contributed by atoms with Crippen LogP contribution < -0.4 is 19.9 Å². The lowest BCUT2D eigenvalue weighted by Crippen LogP contribution is -2.29. The molecule has 0 saturated heterocycles. The summed E-state index contributed by atoms with van der Waals surface area (Å²) in [4.78, 5) is 12.9. The highest BCUT2D eigenvalue weighted by Gasteiger charge is 2.13. The van der Waals surface area contributed by atoms with Gasteiger partial charge in [-0.3, -0.25) is 0 Å². The summed E-state index contributed by atoms with van der Waals surface area (Å²) in [5, 5.41) is 0. The number of aromatic nitrogens is 4. The Kier molecular flexibility index (Phi) is 6.95. The van der Waals surface area contributed by atoms with Crippen molar-refractivity contribution in [3.05, 3.63) is 72.3 Å². The molecule has 0 radical (unpaired) electrons. The first-order valence-electron chi connectivity index (χ1n) is 10.9. The summed E-state index contributed by atoms with van der Waals surface area (Å²) in [7, 11) is 1.60. The number of imidazole rings is 1. The largest absolute Gasteiger partial charge is 0.486 e. The molecule has 2 N–H and O–H groups in total. The summed E-state index contributed by atoms with van der Waals surface area (Å²) >= 11 is 0. The summed E-state index contributed by atoms with van der Waals surface area (Å²) in [5.74, 6) is 8.29. The third kappa shape index (κ3) is 6.03. The Balaban J connectivity index is 0.000000291. The van der Waals surface area contributed by atoms with E-state index in [4.69, 9.17) is 19.9 Å². The lowest BCUT2D eigenvalue weighted by atomic mass is 10.1. The predicted octanol–water partition coefficient (Wildman–Crippen LogP) is 3.43. The second kappa shape index (κ2) is 10.2. The lowest BCUT2D eigenvalue weighted by molar-refractivity contribution is 0.171. The standard InChI is InChI=1S/C20H20N4O2.C6H7NO/c1-20(2,21)6-5-14-9-16-19(22-11-14)24(13-23-16)12-15-3-4-17-18(10-15)26-8-7-25-17;1-8-6-4-2-3-5-7-6/h3-4,9-11,13H,7-8,12,21H2,1-2H3;2-5H,1H3. The Labute approximate surface area is 198 Å². The molecule has 8 nitrogen and oxygen atoms in total. The highest BCUT2D eigenvalue weighted by Crippen LogP contribution is 2.31. The maximum atomic E-state index is 5.90. The van der Waals surface area contributed by atoms with Crippen LogP contribution in [0, 0.1) is 11.8 Å². The molecule has 4 heterocycles. The number of pyridine rings is 2. The molecule has 0 unspecified atom stereocenters. The minimum atomic E-state index is -0.535. The van der Waals surface area contributed by atoms with E-state index in [0.29, 0.717) is 25.6 Å². The minimum absolute atomic E-state index is 0.535. The number of nitrogens with zero attached hydrogens (tertiary/aromatic N) is 4. The quantitative estimate of drug-likeness (QED) is 0.471. The van der Waals surface area contributed by atoms with Gasteiger partial charge in [0.2, 0.25) is 5.88 Å². The van der Waals surface area contributed by atoms with Crippen molar-refractivity contribution in [2.45, 2.75) is 25.9 Å². The number of hydrogen-bond acceptors (Lipinski definition) is 7. The zero-order valence-corrected chi connectivity index (χ0v) is 19.5. The molecule has 0 amide bonds. The fraction of sp³-hybridized carbons (Fsp3) is 0.269. The molecule has 4 aromatic rings. The Morgan fingerprint density at radius 2 is 1.88 bits per heavy atom. The van der Waals surface area contributed by atoms with Crippen LogP contribution in [0.1, 0.15) is 25.0 Å². The normalized spacial score (nSPS) is 12.2. The van der Waals surface area contributed by atoms with Gasteiger partial charge in [-0.2, -0.15) is 0 Å². The van der Waals surface area contributed by atoms with Gasteiger partial charge in [-0.1, -0.05) is 24.0 Å². The molecule has 8 heteroatoms. The monoisotopic (exact) mass is 457 g/mol. The number of benzene rings is 1. The zero-order valence-electron chi connectivity index (χ0n) is 19.5. The van der Waals surface area contributed by atoms with E-state index in [1.165, 1.54) is 0 Å². The maximum absolute atomic E-state index is 5.90. The van der Waals surface area contributed by atoms with Gasteiger partial charge < -0.3 is 24.5 Å². The van der Waals surface area contributed by atoms with Crippen LogP contribution in [0.2, 0.25) is 0 Å². The van der Waals surface area contributed by atoms with E-state index in [1.807, 2.05) is 54.8 Å². The van der Waals surface area contributed by atoms with Crippen molar-refractivity contribution in [1.82, 2.24) is 19.5 Å².